The van der Waals surface area contributed by atoms with E-state index in [0.29, 0.717) is 11.5 Å². The summed E-state index contributed by atoms with van der Waals surface area (Å²) < 4.78 is 57.2. The van der Waals surface area contributed by atoms with Crippen LogP contribution in [-0.2, 0) is 19.9 Å². The van der Waals surface area contributed by atoms with E-state index >= 15 is 0 Å². The average Bonchev–Trinajstić information content (AvgIpc) is 3.00. The first-order valence-corrected chi connectivity index (χ1v) is 10.8. The van der Waals surface area contributed by atoms with Crippen molar-refractivity contribution in [3.8, 4) is 11.5 Å². The molecule has 8 nitrogen and oxygen atoms in total. The zero-order valence-electron chi connectivity index (χ0n) is 13.9. The number of para-hydroxylation sites is 1. The smallest absolute Gasteiger partial charge is 0.263 e. The van der Waals surface area contributed by atoms with Gasteiger partial charge in [-0.15, -0.1) is 10.2 Å². The molecule has 1 aromatic heterocycles. The number of aryl methyl sites for hydroxylation is 1. The fourth-order valence-corrected chi connectivity index (χ4v) is 5.05. The first-order valence-electron chi connectivity index (χ1n) is 7.40. The first kappa shape index (κ1) is 18.1. The van der Waals surface area contributed by atoms with Crippen LogP contribution < -0.4 is 4.72 Å². The van der Waals surface area contributed by atoms with Crippen LogP contribution >= 0.6 is 0 Å². The monoisotopic (exact) mass is 393 g/mol. The molecule has 10 heteroatoms. The maximum Gasteiger partial charge on any atom is 0.263 e. The highest BCUT2D eigenvalue weighted by molar-refractivity contribution is 7.95. The molecule has 0 bridgehead atoms. The zero-order valence-corrected chi connectivity index (χ0v) is 15.5. The fraction of sp³-hybridized carbons (Fsp3) is 0.125. The molecule has 1 heterocycles. The third-order valence-corrected chi connectivity index (χ3v) is 6.17. The molecule has 0 unspecified atom stereocenters. The summed E-state index contributed by atoms with van der Waals surface area (Å²) in [5.74, 6) is 0.484. The molecule has 3 aromatic rings. The van der Waals surface area contributed by atoms with Gasteiger partial charge in [-0.1, -0.05) is 24.3 Å². The van der Waals surface area contributed by atoms with Crippen molar-refractivity contribution in [1.82, 2.24) is 10.2 Å². The molecule has 0 atom stereocenters. The highest BCUT2D eigenvalue weighted by atomic mass is 32.2. The molecule has 0 radical (unpaired) electrons. The van der Waals surface area contributed by atoms with E-state index in [4.69, 9.17) is 4.42 Å². The fourth-order valence-electron chi connectivity index (χ4n) is 2.34. The third kappa shape index (κ3) is 3.60. The van der Waals surface area contributed by atoms with Gasteiger partial charge in [0.1, 0.15) is 4.90 Å². The molecule has 0 saturated heterocycles. The molecular formula is C16H15N3O5S2. The van der Waals surface area contributed by atoms with E-state index in [1.54, 1.807) is 25.1 Å². The van der Waals surface area contributed by atoms with Gasteiger partial charge in [0.05, 0.1) is 16.1 Å². The maximum absolute atomic E-state index is 12.8. The van der Waals surface area contributed by atoms with Gasteiger partial charge < -0.3 is 4.42 Å². The second-order valence-corrected chi connectivity index (χ2v) is 9.13. The second-order valence-electron chi connectivity index (χ2n) is 5.50. The van der Waals surface area contributed by atoms with E-state index < -0.39 is 19.9 Å². The number of hydrogen-bond acceptors (Lipinski definition) is 7. The van der Waals surface area contributed by atoms with E-state index in [1.165, 1.54) is 30.3 Å². The van der Waals surface area contributed by atoms with Crippen LogP contribution in [0.25, 0.3) is 11.5 Å². The van der Waals surface area contributed by atoms with Crippen LogP contribution in [0.1, 0.15) is 5.89 Å². The standard InChI is InChI=1S/C16H15N3O5S2/c1-11-17-18-16(24-11)12-7-3-4-8-13(12)19-26(22,23)15-10-6-5-9-14(15)25(2,20)21/h3-10,19H,1-2H3. The average molecular weight is 393 g/mol. The van der Waals surface area contributed by atoms with Gasteiger partial charge in [-0.2, -0.15) is 0 Å². The van der Waals surface area contributed by atoms with E-state index in [1.807, 2.05) is 0 Å². The number of rotatable bonds is 5. The first-order chi connectivity index (χ1) is 12.2. The molecule has 0 aliphatic rings. The van der Waals surface area contributed by atoms with Gasteiger partial charge in [0.2, 0.25) is 11.8 Å². The van der Waals surface area contributed by atoms with Crippen LogP contribution in [0.4, 0.5) is 5.69 Å². The minimum absolute atomic E-state index is 0.150. The Bertz CT molecular complexity index is 1170. The van der Waals surface area contributed by atoms with Crippen LogP contribution in [0.5, 0.6) is 0 Å². The quantitative estimate of drug-likeness (QED) is 0.706. The lowest BCUT2D eigenvalue weighted by Gasteiger charge is -2.13. The summed E-state index contributed by atoms with van der Waals surface area (Å²) in [6.07, 6.45) is 0.955. The van der Waals surface area contributed by atoms with E-state index in [2.05, 4.69) is 14.9 Å². The van der Waals surface area contributed by atoms with E-state index in [9.17, 15) is 16.8 Å². The van der Waals surface area contributed by atoms with E-state index in [-0.39, 0.29) is 21.4 Å². The third-order valence-electron chi connectivity index (χ3n) is 3.47. The van der Waals surface area contributed by atoms with Crippen molar-refractivity contribution in [3.63, 3.8) is 0 Å². The number of benzene rings is 2. The van der Waals surface area contributed by atoms with Gasteiger partial charge in [-0.3, -0.25) is 4.72 Å². The highest BCUT2D eigenvalue weighted by Crippen LogP contribution is 2.30. The lowest BCUT2D eigenvalue weighted by atomic mass is 10.2. The largest absolute Gasteiger partial charge is 0.421 e. The zero-order chi connectivity index (χ0) is 18.9. The molecule has 0 fully saturated rings. The Morgan fingerprint density at radius 2 is 1.50 bits per heavy atom. The van der Waals surface area contributed by atoms with Crippen LogP contribution in [0.15, 0.2) is 62.7 Å². The summed E-state index contributed by atoms with van der Waals surface area (Å²) in [5, 5.41) is 7.62. The van der Waals surface area contributed by atoms with E-state index in [0.717, 1.165) is 6.26 Å². The van der Waals surface area contributed by atoms with Crippen LogP contribution in [-0.4, -0.2) is 33.3 Å². The predicted octanol–water partition coefficient (Wildman–Crippen LogP) is 2.25. The summed E-state index contributed by atoms with van der Waals surface area (Å²) in [6.45, 7) is 1.62. The van der Waals surface area contributed by atoms with Gasteiger partial charge in [0.25, 0.3) is 10.0 Å². The molecule has 0 saturated carbocycles. The number of aromatic nitrogens is 2. The molecule has 1 N–H and O–H groups in total. The summed E-state index contributed by atoms with van der Waals surface area (Å²) >= 11 is 0. The molecule has 0 aliphatic heterocycles. The van der Waals surface area contributed by atoms with Crippen LogP contribution in [0.2, 0.25) is 0 Å². The molecule has 0 aliphatic carbocycles. The Morgan fingerprint density at radius 1 is 0.885 bits per heavy atom. The topological polar surface area (TPSA) is 119 Å². The maximum atomic E-state index is 12.8. The number of anilines is 1. The number of sulfonamides is 1. The van der Waals surface area contributed by atoms with Crippen LogP contribution in [0.3, 0.4) is 0 Å². The molecule has 26 heavy (non-hydrogen) atoms. The molecule has 2 aromatic carbocycles. The minimum atomic E-state index is -4.17. The Morgan fingerprint density at radius 3 is 2.12 bits per heavy atom. The molecule has 0 amide bonds. The van der Waals surface area contributed by atoms with Gasteiger partial charge in [-0.25, -0.2) is 16.8 Å². The predicted molar refractivity (Wildman–Crippen MR) is 94.8 cm³/mol. The summed E-state index contributed by atoms with van der Waals surface area (Å²) in [4.78, 5) is -0.613. The summed E-state index contributed by atoms with van der Waals surface area (Å²) in [7, 11) is -7.90. The van der Waals surface area contributed by atoms with Crippen molar-refractivity contribution in [3.05, 3.63) is 54.4 Å². The SMILES string of the molecule is Cc1nnc(-c2ccccc2NS(=O)(=O)c2ccccc2S(C)(=O)=O)o1. The molecular weight excluding hydrogens is 378 g/mol. The normalized spacial score (nSPS) is 12.1. The number of sulfone groups is 1. The number of hydrogen-bond donors (Lipinski definition) is 1. The van der Waals surface area contributed by atoms with Crippen molar-refractivity contribution >= 4 is 25.5 Å². The Labute approximate surface area is 150 Å². The summed E-state index contributed by atoms with van der Waals surface area (Å²) in [5.41, 5.74) is 0.577. The lowest BCUT2D eigenvalue weighted by Crippen LogP contribution is -2.17. The molecule has 136 valence electrons. The van der Waals surface area contributed by atoms with Crippen molar-refractivity contribution in [1.29, 1.82) is 0 Å². The van der Waals surface area contributed by atoms with Gasteiger partial charge in [0.15, 0.2) is 9.84 Å². The van der Waals surface area contributed by atoms with Gasteiger partial charge >= 0.3 is 0 Å². The highest BCUT2D eigenvalue weighted by Gasteiger charge is 2.25. The van der Waals surface area contributed by atoms with Gasteiger partial charge in [0, 0.05) is 13.2 Å². The lowest BCUT2D eigenvalue weighted by molar-refractivity contribution is 0.533. The van der Waals surface area contributed by atoms with Gasteiger partial charge in [-0.05, 0) is 24.3 Å². The van der Waals surface area contributed by atoms with Crippen molar-refractivity contribution < 1.29 is 21.3 Å². The molecule has 0 spiro atoms. The Balaban J connectivity index is 2.08. The van der Waals surface area contributed by atoms with Crippen LogP contribution in [0, 0.1) is 6.92 Å². The second kappa shape index (κ2) is 6.54. The van der Waals surface area contributed by atoms with Crippen molar-refractivity contribution in [2.75, 3.05) is 11.0 Å². The number of nitrogens with zero attached hydrogens (tertiary/aromatic N) is 2. The number of nitrogens with one attached hydrogen (secondary N) is 1. The Hall–Kier alpha value is -2.72. The van der Waals surface area contributed by atoms with Crippen molar-refractivity contribution in [2.45, 2.75) is 16.7 Å². The minimum Gasteiger partial charge on any atom is -0.421 e. The Kier molecular flexibility index (Phi) is 4.55. The summed E-state index contributed by atoms with van der Waals surface area (Å²) in [6, 6.07) is 11.9. The van der Waals surface area contributed by atoms with Crippen molar-refractivity contribution in [2.24, 2.45) is 0 Å². The molecule has 3 rings (SSSR count).